The van der Waals surface area contributed by atoms with Gasteiger partial charge in [0, 0.05) is 13.7 Å². The number of ether oxygens (including phenoxy) is 2. The predicted molar refractivity (Wildman–Crippen MR) is 127 cm³/mol. The summed E-state index contributed by atoms with van der Waals surface area (Å²) in [5.41, 5.74) is -0.0203. The van der Waals surface area contributed by atoms with Crippen LogP contribution < -0.4 is 26.6 Å². The summed E-state index contributed by atoms with van der Waals surface area (Å²) in [5.74, 6) is -0.235. The molecule has 1 unspecified atom stereocenters. The molecule has 0 aliphatic carbocycles. The predicted octanol–water partition coefficient (Wildman–Crippen LogP) is 2.07. The van der Waals surface area contributed by atoms with Gasteiger partial charge in [0.05, 0.1) is 24.8 Å². The summed E-state index contributed by atoms with van der Waals surface area (Å²) in [6.45, 7) is 2.10. The van der Waals surface area contributed by atoms with E-state index >= 15 is 0 Å². The van der Waals surface area contributed by atoms with E-state index in [0.29, 0.717) is 17.9 Å². The molecule has 3 rings (SSSR count). The van der Waals surface area contributed by atoms with Crippen LogP contribution in [-0.2, 0) is 22.6 Å². The van der Waals surface area contributed by atoms with Gasteiger partial charge in [0.15, 0.2) is 6.10 Å². The highest BCUT2D eigenvalue weighted by molar-refractivity contribution is 5.95. The van der Waals surface area contributed by atoms with Crippen LogP contribution in [0.25, 0.3) is 0 Å². The number of anilines is 2. The minimum atomic E-state index is -0.985. The topological polar surface area (TPSA) is 138 Å². The van der Waals surface area contributed by atoms with Gasteiger partial charge in [-0.1, -0.05) is 36.4 Å². The summed E-state index contributed by atoms with van der Waals surface area (Å²) in [7, 11) is 1.48. The molecule has 10 nitrogen and oxygen atoms in total. The number of carbonyl (C=O) groups excluding carboxylic acids is 1. The van der Waals surface area contributed by atoms with Crippen molar-refractivity contribution in [3.8, 4) is 11.8 Å². The molecule has 0 radical (unpaired) electrons. The number of hydrogen-bond acceptors (Lipinski definition) is 7. The number of aromatic nitrogens is 2. The maximum Gasteiger partial charge on any atom is 0.330 e. The molecular formula is C24H25N5O5. The Balaban J connectivity index is 1.89. The molecule has 0 saturated heterocycles. The molecule has 0 aliphatic heterocycles. The van der Waals surface area contributed by atoms with Gasteiger partial charge in [0.2, 0.25) is 0 Å². The van der Waals surface area contributed by atoms with Gasteiger partial charge in [-0.15, -0.1) is 0 Å². The highest BCUT2D eigenvalue weighted by Crippen LogP contribution is 2.19. The first-order chi connectivity index (χ1) is 16.4. The van der Waals surface area contributed by atoms with Gasteiger partial charge in [0.25, 0.3) is 11.5 Å². The third-order valence-corrected chi connectivity index (χ3v) is 4.92. The number of rotatable bonds is 10. The molecule has 0 fully saturated rings. The van der Waals surface area contributed by atoms with Gasteiger partial charge in [0.1, 0.15) is 17.3 Å². The van der Waals surface area contributed by atoms with Crippen molar-refractivity contribution < 1.29 is 14.3 Å². The van der Waals surface area contributed by atoms with Crippen LogP contribution in [0, 0.1) is 11.3 Å². The normalized spacial score (nSPS) is 11.3. The number of H-pyrrole nitrogens is 1. The Labute approximate surface area is 195 Å². The fourth-order valence-electron chi connectivity index (χ4n) is 3.16. The van der Waals surface area contributed by atoms with Crippen LogP contribution in [0.4, 0.5) is 11.5 Å². The zero-order valence-electron chi connectivity index (χ0n) is 18.8. The van der Waals surface area contributed by atoms with E-state index in [1.165, 1.54) is 24.7 Å². The number of carbonyl (C=O) groups is 1. The van der Waals surface area contributed by atoms with Crippen LogP contribution >= 0.6 is 0 Å². The quantitative estimate of drug-likeness (QED) is 0.418. The zero-order chi connectivity index (χ0) is 24.5. The monoisotopic (exact) mass is 463 g/mol. The van der Waals surface area contributed by atoms with Crippen molar-refractivity contribution in [2.45, 2.75) is 26.1 Å². The summed E-state index contributed by atoms with van der Waals surface area (Å²) >= 11 is 0. The van der Waals surface area contributed by atoms with Crippen LogP contribution in [0.1, 0.15) is 18.1 Å². The van der Waals surface area contributed by atoms with Crippen LogP contribution in [-0.4, -0.2) is 35.3 Å². The van der Waals surface area contributed by atoms with Crippen LogP contribution in [0.5, 0.6) is 5.75 Å². The number of nitrogens with one attached hydrogen (secondary N) is 3. The van der Waals surface area contributed by atoms with E-state index in [4.69, 9.17) is 14.7 Å². The lowest BCUT2D eigenvalue weighted by Gasteiger charge is -2.20. The standard InChI is InChI=1S/C24H25N5O5/c1-16(34-19-10-6-9-18(13-19)14-25)22(30)27-21-20(26-15-17-7-4-3-5-8-17)23(31)28-24(32)29(21)11-12-33-2/h3-10,13,16,26H,11-12,15H2,1-2H3,(H,27,30)(H,28,31,32). The fourth-order valence-corrected chi connectivity index (χ4v) is 3.16. The van der Waals surface area contributed by atoms with Crippen molar-refractivity contribution in [3.05, 3.63) is 86.6 Å². The number of hydrogen-bond donors (Lipinski definition) is 3. The van der Waals surface area contributed by atoms with Crippen molar-refractivity contribution in [2.24, 2.45) is 0 Å². The Morgan fingerprint density at radius 2 is 1.94 bits per heavy atom. The molecule has 176 valence electrons. The SMILES string of the molecule is COCCn1c(NC(=O)C(C)Oc2cccc(C#N)c2)c(NCc2ccccc2)c(=O)[nH]c1=O. The van der Waals surface area contributed by atoms with E-state index < -0.39 is 23.3 Å². The summed E-state index contributed by atoms with van der Waals surface area (Å²) in [6, 6.07) is 17.8. The Bertz CT molecular complexity index is 1290. The first-order valence-electron chi connectivity index (χ1n) is 10.5. The summed E-state index contributed by atoms with van der Waals surface area (Å²) in [5, 5.41) is 14.7. The summed E-state index contributed by atoms with van der Waals surface area (Å²) in [4.78, 5) is 40.4. The maximum atomic E-state index is 13.0. The molecule has 10 heteroatoms. The average molecular weight is 463 g/mol. The minimum Gasteiger partial charge on any atom is -0.481 e. The number of nitriles is 1. The van der Waals surface area contributed by atoms with Crippen molar-refractivity contribution in [3.63, 3.8) is 0 Å². The smallest absolute Gasteiger partial charge is 0.330 e. The molecule has 1 heterocycles. The van der Waals surface area contributed by atoms with Gasteiger partial charge in [-0.25, -0.2) is 4.79 Å². The number of methoxy groups -OCH3 is 1. The lowest BCUT2D eigenvalue weighted by atomic mass is 10.2. The molecule has 3 N–H and O–H groups in total. The molecular weight excluding hydrogens is 438 g/mol. The van der Waals surface area contributed by atoms with Gasteiger partial charge in [-0.3, -0.25) is 19.1 Å². The maximum absolute atomic E-state index is 13.0. The molecule has 3 aromatic rings. The van der Waals surface area contributed by atoms with Crippen molar-refractivity contribution in [2.75, 3.05) is 24.4 Å². The zero-order valence-corrected chi connectivity index (χ0v) is 18.8. The molecule has 2 aromatic carbocycles. The Kier molecular flexibility index (Phi) is 8.21. The molecule has 0 bridgehead atoms. The van der Waals surface area contributed by atoms with E-state index in [1.54, 1.807) is 18.2 Å². The van der Waals surface area contributed by atoms with Crippen molar-refractivity contribution >= 4 is 17.4 Å². The molecule has 34 heavy (non-hydrogen) atoms. The van der Waals surface area contributed by atoms with Gasteiger partial charge < -0.3 is 20.1 Å². The van der Waals surface area contributed by atoms with E-state index in [2.05, 4.69) is 15.6 Å². The highest BCUT2D eigenvalue weighted by Gasteiger charge is 2.21. The van der Waals surface area contributed by atoms with E-state index in [0.717, 1.165) is 5.56 Å². The van der Waals surface area contributed by atoms with Crippen LogP contribution in [0.2, 0.25) is 0 Å². The second kappa shape index (κ2) is 11.5. The van der Waals surface area contributed by atoms with Gasteiger partial charge in [-0.2, -0.15) is 5.26 Å². The van der Waals surface area contributed by atoms with Crippen molar-refractivity contribution in [1.82, 2.24) is 9.55 Å². The number of aromatic amines is 1. The van der Waals surface area contributed by atoms with Gasteiger partial charge in [-0.05, 0) is 30.7 Å². The second-order valence-electron chi connectivity index (χ2n) is 7.36. The lowest BCUT2D eigenvalue weighted by molar-refractivity contribution is -0.122. The summed E-state index contributed by atoms with van der Waals surface area (Å²) < 4.78 is 12.0. The van der Waals surface area contributed by atoms with E-state index in [1.807, 2.05) is 36.4 Å². The van der Waals surface area contributed by atoms with Crippen molar-refractivity contribution in [1.29, 1.82) is 5.26 Å². The first-order valence-corrected chi connectivity index (χ1v) is 10.5. The molecule has 0 spiro atoms. The fraction of sp³-hybridized carbons (Fsp3) is 0.250. The Hall–Kier alpha value is -4.36. The Morgan fingerprint density at radius 3 is 2.65 bits per heavy atom. The minimum absolute atomic E-state index is 0.00737. The molecule has 1 atom stereocenters. The average Bonchev–Trinajstić information content (AvgIpc) is 2.84. The summed E-state index contributed by atoms with van der Waals surface area (Å²) in [6.07, 6.45) is -0.985. The largest absolute Gasteiger partial charge is 0.481 e. The Morgan fingerprint density at radius 1 is 1.18 bits per heavy atom. The number of benzene rings is 2. The first kappa shape index (κ1) is 24.3. The molecule has 0 aliphatic rings. The molecule has 0 saturated carbocycles. The highest BCUT2D eigenvalue weighted by atomic mass is 16.5. The lowest BCUT2D eigenvalue weighted by Crippen LogP contribution is -2.38. The number of nitrogens with zero attached hydrogens (tertiary/aromatic N) is 2. The van der Waals surface area contributed by atoms with E-state index in [-0.39, 0.29) is 24.7 Å². The van der Waals surface area contributed by atoms with Gasteiger partial charge >= 0.3 is 5.69 Å². The van der Waals surface area contributed by atoms with Crippen LogP contribution in [0.3, 0.4) is 0 Å². The third-order valence-electron chi connectivity index (χ3n) is 4.92. The second-order valence-corrected chi connectivity index (χ2v) is 7.36. The van der Waals surface area contributed by atoms with Crippen LogP contribution in [0.15, 0.2) is 64.2 Å². The molecule has 1 amide bonds. The number of amides is 1. The molecule has 1 aromatic heterocycles. The third kappa shape index (κ3) is 6.11. The van der Waals surface area contributed by atoms with E-state index in [9.17, 15) is 14.4 Å².